The molecular formula is C26H29N5O3. The fourth-order valence-electron chi connectivity index (χ4n) is 5.07. The molecule has 3 atom stereocenters. The molecule has 1 saturated carbocycles. The highest BCUT2D eigenvalue weighted by atomic mass is 16.5. The van der Waals surface area contributed by atoms with Crippen LogP contribution in [0.5, 0.6) is 0 Å². The van der Waals surface area contributed by atoms with Gasteiger partial charge in [0.1, 0.15) is 11.4 Å². The van der Waals surface area contributed by atoms with Crippen molar-refractivity contribution >= 4 is 23.4 Å². The molecule has 1 aromatic carbocycles. The molecule has 3 amide bonds. The van der Waals surface area contributed by atoms with Crippen LogP contribution in [0.2, 0.25) is 0 Å². The molecule has 8 nitrogen and oxygen atoms in total. The van der Waals surface area contributed by atoms with Crippen LogP contribution in [0.3, 0.4) is 0 Å². The molecule has 8 heteroatoms. The summed E-state index contributed by atoms with van der Waals surface area (Å²) in [6.07, 6.45) is 1.73. The number of aromatic nitrogens is 1. The number of rotatable bonds is 6. The monoisotopic (exact) mass is 459 g/mol. The predicted molar refractivity (Wildman–Crippen MR) is 127 cm³/mol. The summed E-state index contributed by atoms with van der Waals surface area (Å²) in [7, 11) is 0. The van der Waals surface area contributed by atoms with Crippen LogP contribution in [0.4, 0.5) is 16.3 Å². The van der Waals surface area contributed by atoms with Crippen LogP contribution in [-0.4, -0.2) is 46.6 Å². The van der Waals surface area contributed by atoms with Crippen LogP contribution >= 0.6 is 0 Å². The molecule has 34 heavy (non-hydrogen) atoms. The first-order chi connectivity index (χ1) is 16.2. The van der Waals surface area contributed by atoms with Crippen LogP contribution < -0.4 is 10.2 Å². The lowest BCUT2D eigenvalue weighted by molar-refractivity contribution is -0.123. The highest BCUT2D eigenvalue weighted by Crippen LogP contribution is 2.45. The summed E-state index contributed by atoms with van der Waals surface area (Å²) in [5, 5.41) is 13.1. The third-order valence-electron chi connectivity index (χ3n) is 7.29. The quantitative estimate of drug-likeness (QED) is 0.659. The molecule has 3 aliphatic rings. The number of imide groups is 1. The number of carbonyl (C=O) groups excluding carboxylic acids is 2. The lowest BCUT2D eigenvalue weighted by atomic mass is 9.97. The zero-order valence-electron chi connectivity index (χ0n) is 19.9. The number of benzene rings is 1. The molecule has 2 aromatic rings. The molecule has 3 heterocycles. The van der Waals surface area contributed by atoms with Gasteiger partial charge in [0, 0.05) is 30.6 Å². The van der Waals surface area contributed by atoms with Crippen molar-refractivity contribution in [1.82, 2.24) is 9.88 Å². The largest absolute Gasteiger partial charge is 0.381 e. The molecule has 0 spiro atoms. The predicted octanol–water partition coefficient (Wildman–Crippen LogP) is 3.88. The smallest absolute Gasteiger partial charge is 0.332 e. The Labute approximate surface area is 199 Å². The number of carbonyl (C=O) groups is 2. The topological polar surface area (TPSA) is 98.6 Å². The highest BCUT2D eigenvalue weighted by molar-refractivity contribution is 6.23. The van der Waals surface area contributed by atoms with Gasteiger partial charge < -0.3 is 15.0 Å². The van der Waals surface area contributed by atoms with Crippen molar-refractivity contribution in [3.63, 3.8) is 0 Å². The van der Waals surface area contributed by atoms with Gasteiger partial charge in [0.2, 0.25) is 0 Å². The van der Waals surface area contributed by atoms with Crippen molar-refractivity contribution in [3.05, 3.63) is 53.2 Å². The number of ether oxygens (including phenoxy) is 1. The number of amides is 3. The second-order valence-corrected chi connectivity index (χ2v) is 10.2. The number of fused-ring (bicyclic) bond motifs is 1. The zero-order chi connectivity index (χ0) is 24.2. The van der Waals surface area contributed by atoms with Crippen LogP contribution in [0.15, 0.2) is 36.5 Å². The first-order valence-electron chi connectivity index (χ1n) is 11.7. The van der Waals surface area contributed by atoms with E-state index in [2.05, 4.69) is 16.4 Å². The molecule has 0 radical (unpaired) electrons. The summed E-state index contributed by atoms with van der Waals surface area (Å²) in [6.45, 7) is 9.40. The van der Waals surface area contributed by atoms with Gasteiger partial charge in [-0.3, -0.25) is 4.79 Å². The lowest BCUT2D eigenvalue weighted by Crippen LogP contribution is -2.43. The summed E-state index contributed by atoms with van der Waals surface area (Å²) in [6, 6.07) is 11.2. The normalized spacial score (nSPS) is 25.0. The standard InChI is InChI=1S/C26H29N5O3/c1-15(2)19-6-5-18(10-17(19)11-27)31-24(32)26(3,4)30(25(31)33)12-16-7-8-28-22(9-16)29-23-20-13-34-14-21(20)23/h5-10,15,20-21,23H,12-14H2,1-4H3,(H,28,29)/t20-,21+,23?. The second kappa shape index (κ2) is 8.10. The summed E-state index contributed by atoms with van der Waals surface area (Å²) < 4.78 is 5.45. The fourth-order valence-corrected chi connectivity index (χ4v) is 5.07. The molecule has 0 bridgehead atoms. The van der Waals surface area contributed by atoms with Crippen molar-refractivity contribution in [3.8, 4) is 6.07 Å². The molecule has 3 fully saturated rings. The number of nitrogens with zero attached hydrogens (tertiary/aromatic N) is 4. The van der Waals surface area contributed by atoms with E-state index in [0.29, 0.717) is 29.1 Å². The van der Waals surface area contributed by atoms with Crippen LogP contribution in [-0.2, 0) is 16.1 Å². The molecule has 1 aliphatic carbocycles. The molecule has 1 aromatic heterocycles. The SMILES string of the molecule is CC(C)c1ccc(N2C(=O)N(Cc3ccnc(NC4[C@H]5COC[C@@H]45)c3)C(C)(C)C2=O)cc1C#N. The van der Waals surface area contributed by atoms with E-state index in [4.69, 9.17) is 4.74 Å². The van der Waals surface area contributed by atoms with Gasteiger partial charge in [-0.15, -0.1) is 0 Å². The van der Waals surface area contributed by atoms with E-state index >= 15 is 0 Å². The van der Waals surface area contributed by atoms with E-state index in [0.717, 1.165) is 30.2 Å². The Kier molecular flexibility index (Phi) is 5.33. The Bertz CT molecular complexity index is 1190. The Morgan fingerprint density at radius 2 is 1.94 bits per heavy atom. The van der Waals surface area contributed by atoms with E-state index in [1.54, 1.807) is 37.1 Å². The second-order valence-electron chi connectivity index (χ2n) is 10.2. The van der Waals surface area contributed by atoms with Gasteiger partial charge in [-0.2, -0.15) is 5.26 Å². The number of nitriles is 1. The Hall–Kier alpha value is -3.44. The molecular weight excluding hydrogens is 430 g/mol. The lowest BCUT2D eigenvalue weighted by Gasteiger charge is -2.27. The van der Waals surface area contributed by atoms with E-state index < -0.39 is 11.6 Å². The van der Waals surface area contributed by atoms with Gasteiger partial charge in [-0.1, -0.05) is 19.9 Å². The molecule has 2 aliphatic heterocycles. The van der Waals surface area contributed by atoms with Gasteiger partial charge >= 0.3 is 6.03 Å². The summed E-state index contributed by atoms with van der Waals surface area (Å²) in [4.78, 5) is 34.0. The van der Waals surface area contributed by atoms with Crippen LogP contribution in [0.1, 0.15) is 50.3 Å². The number of nitrogens with one attached hydrogen (secondary N) is 1. The third-order valence-corrected chi connectivity index (χ3v) is 7.29. The van der Waals surface area contributed by atoms with Crippen molar-refractivity contribution in [2.75, 3.05) is 23.4 Å². The van der Waals surface area contributed by atoms with Gasteiger partial charge in [0.15, 0.2) is 0 Å². The summed E-state index contributed by atoms with van der Waals surface area (Å²) >= 11 is 0. The zero-order valence-corrected chi connectivity index (χ0v) is 19.9. The number of pyridine rings is 1. The van der Waals surface area contributed by atoms with E-state index in [1.807, 2.05) is 32.0 Å². The van der Waals surface area contributed by atoms with Crippen molar-refractivity contribution < 1.29 is 14.3 Å². The Balaban J connectivity index is 1.37. The fraction of sp³-hybridized carbons (Fsp3) is 0.462. The third kappa shape index (κ3) is 3.61. The molecule has 1 N–H and O–H groups in total. The number of hydrogen-bond acceptors (Lipinski definition) is 6. The number of urea groups is 1. The highest BCUT2D eigenvalue weighted by Gasteiger charge is 2.54. The maximum absolute atomic E-state index is 13.5. The number of hydrogen-bond donors (Lipinski definition) is 1. The van der Waals surface area contributed by atoms with Crippen molar-refractivity contribution in [1.29, 1.82) is 5.26 Å². The average molecular weight is 460 g/mol. The molecule has 176 valence electrons. The van der Waals surface area contributed by atoms with Gasteiger partial charge in [-0.25, -0.2) is 14.7 Å². The maximum Gasteiger partial charge on any atom is 0.332 e. The van der Waals surface area contributed by atoms with Gasteiger partial charge in [-0.05, 0) is 55.2 Å². The average Bonchev–Trinajstić information content (AvgIpc) is 3.14. The molecule has 5 rings (SSSR count). The Morgan fingerprint density at radius 1 is 1.21 bits per heavy atom. The van der Waals surface area contributed by atoms with E-state index in [1.165, 1.54) is 4.90 Å². The van der Waals surface area contributed by atoms with Crippen molar-refractivity contribution in [2.45, 2.75) is 51.7 Å². The van der Waals surface area contributed by atoms with Crippen LogP contribution in [0.25, 0.3) is 0 Å². The van der Waals surface area contributed by atoms with Crippen LogP contribution in [0, 0.1) is 23.2 Å². The first-order valence-corrected chi connectivity index (χ1v) is 11.7. The summed E-state index contributed by atoms with van der Waals surface area (Å²) in [5.74, 6) is 1.73. The molecule has 1 unspecified atom stereocenters. The minimum Gasteiger partial charge on any atom is -0.381 e. The van der Waals surface area contributed by atoms with Crippen molar-refractivity contribution in [2.24, 2.45) is 11.8 Å². The van der Waals surface area contributed by atoms with E-state index in [9.17, 15) is 14.9 Å². The van der Waals surface area contributed by atoms with Gasteiger partial charge in [0.05, 0.1) is 30.5 Å². The van der Waals surface area contributed by atoms with E-state index in [-0.39, 0.29) is 18.4 Å². The minimum absolute atomic E-state index is 0.166. The molecule has 2 saturated heterocycles. The minimum atomic E-state index is -1.03. The van der Waals surface area contributed by atoms with Gasteiger partial charge in [0.25, 0.3) is 5.91 Å². The Morgan fingerprint density at radius 3 is 2.62 bits per heavy atom. The number of anilines is 2. The maximum atomic E-state index is 13.5. The summed E-state index contributed by atoms with van der Waals surface area (Å²) in [5.41, 5.74) is 1.66. The first kappa shape index (κ1) is 22.4.